The summed E-state index contributed by atoms with van der Waals surface area (Å²) in [5.74, 6) is 0.885. The summed E-state index contributed by atoms with van der Waals surface area (Å²) in [6, 6.07) is 14.3. The number of hydrogen-bond acceptors (Lipinski definition) is 4. The lowest BCUT2D eigenvalue weighted by Gasteiger charge is -2.31. The molecule has 0 saturated carbocycles. The number of benzene rings is 1. The Morgan fingerprint density at radius 2 is 2.05 bits per heavy atom. The van der Waals surface area contributed by atoms with Gasteiger partial charge in [0, 0.05) is 11.9 Å². The van der Waals surface area contributed by atoms with Crippen molar-refractivity contribution in [3.05, 3.63) is 54.4 Å². The molecule has 1 N–H and O–H groups in total. The summed E-state index contributed by atoms with van der Waals surface area (Å²) in [5, 5.41) is 3.57. The molecule has 1 atom stereocenters. The van der Waals surface area contributed by atoms with Crippen LogP contribution >= 0.6 is 12.4 Å². The molecule has 2 aromatic rings. The van der Waals surface area contributed by atoms with Crippen molar-refractivity contribution < 1.29 is 4.74 Å². The lowest BCUT2D eigenvalue weighted by molar-refractivity contribution is 0.414. The van der Waals surface area contributed by atoms with Crippen LogP contribution in [0.5, 0.6) is 5.75 Å². The Hall–Kier alpha value is -1.78. The first-order valence-corrected chi connectivity index (χ1v) is 7.41. The molecule has 0 spiro atoms. The monoisotopic (exact) mass is 319 g/mol. The third-order valence-electron chi connectivity index (χ3n) is 3.87. The van der Waals surface area contributed by atoms with Gasteiger partial charge in [0.1, 0.15) is 5.75 Å². The van der Waals surface area contributed by atoms with Crippen LogP contribution in [0.3, 0.4) is 0 Å². The highest BCUT2D eigenvalue weighted by Gasteiger charge is 2.22. The molecule has 3 rings (SSSR count). The van der Waals surface area contributed by atoms with Crippen molar-refractivity contribution in [2.45, 2.75) is 25.6 Å². The first kappa shape index (κ1) is 16.6. The van der Waals surface area contributed by atoms with Gasteiger partial charge in [0.05, 0.1) is 25.5 Å². The largest absolute Gasteiger partial charge is 0.497 e. The number of hydrogen-bond donors (Lipinski definition) is 1. The van der Waals surface area contributed by atoms with Crippen molar-refractivity contribution in [2.24, 2.45) is 0 Å². The molecule has 1 aromatic heterocycles. The maximum absolute atomic E-state index is 5.25. The second-order valence-corrected chi connectivity index (χ2v) is 5.26. The molecule has 5 heteroatoms. The minimum Gasteiger partial charge on any atom is -0.497 e. The van der Waals surface area contributed by atoms with E-state index in [0.29, 0.717) is 6.17 Å². The fourth-order valence-electron chi connectivity index (χ4n) is 2.75. The van der Waals surface area contributed by atoms with Crippen LogP contribution < -0.4 is 15.0 Å². The summed E-state index contributed by atoms with van der Waals surface area (Å²) < 4.78 is 5.25. The molecule has 0 bridgehead atoms. The molecule has 4 nitrogen and oxygen atoms in total. The van der Waals surface area contributed by atoms with Crippen LogP contribution in [0, 0.1) is 0 Å². The Kier molecular flexibility index (Phi) is 6.04. The van der Waals surface area contributed by atoms with Crippen LogP contribution in [0.15, 0.2) is 48.7 Å². The summed E-state index contributed by atoms with van der Waals surface area (Å²) in [5.41, 5.74) is 2.28. The van der Waals surface area contributed by atoms with E-state index in [4.69, 9.17) is 4.74 Å². The van der Waals surface area contributed by atoms with Gasteiger partial charge in [-0.05, 0) is 55.8 Å². The van der Waals surface area contributed by atoms with Crippen molar-refractivity contribution in [1.29, 1.82) is 0 Å². The van der Waals surface area contributed by atoms with Crippen molar-refractivity contribution in [3.63, 3.8) is 0 Å². The molecule has 0 aliphatic carbocycles. The topological polar surface area (TPSA) is 37.4 Å². The number of halogens is 1. The molecule has 1 aliphatic heterocycles. The van der Waals surface area contributed by atoms with Gasteiger partial charge in [-0.3, -0.25) is 10.3 Å². The van der Waals surface area contributed by atoms with Crippen LogP contribution in [0.1, 0.15) is 18.5 Å². The number of aromatic nitrogens is 1. The average molecular weight is 320 g/mol. The van der Waals surface area contributed by atoms with Crippen molar-refractivity contribution in [1.82, 2.24) is 10.3 Å². The molecule has 1 unspecified atom stereocenters. The first-order chi connectivity index (χ1) is 10.4. The zero-order valence-corrected chi connectivity index (χ0v) is 13.6. The molecule has 0 radical (unpaired) electrons. The smallest absolute Gasteiger partial charge is 0.119 e. The van der Waals surface area contributed by atoms with Gasteiger partial charge in [-0.25, -0.2) is 0 Å². The van der Waals surface area contributed by atoms with Gasteiger partial charge in [-0.1, -0.05) is 6.07 Å². The van der Waals surface area contributed by atoms with Crippen LogP contribution in [-0.2, 0) is 6.54 Å². The quantitative estimate of drug-likeness (QED) is 0.918. The number of nitrogens with one attached hydrogen (secondary N) is 1. The average Bonchev–Trinajstić information content (AvgIpc) is 3.08. The van der Waals surface area contributed by atoms with E-state index in [0.717, 1.165) is 24.5 Å². The highest BCUT2D eigenvalue weighted by Crippen LogP contribution is 2.25. The number of nitrogens with zero attached hydrogens (tertiary/aromatic N) is 2. The number of methoxy groups -OCH3 is 1. The first-order valence-electron chi connectivity index (χ1n) is 7.41. The standard InChI is InChI=1S/C17H21N3O.ClH/c1-21-16-9-7-15(8-10-16)20(17-6-4-12-19-17)13-14-5-2-3-11-18-14;/h2-3,5,7-11,17,19H,4,6,12-13H2,1H3;1H. The van der Waals surface area contributed by atoms with Gasteiger partial charge in [0.15, 0.2) is 0 Å². The van der Waals surface area contributed by atoms with Crippen molar-refractivity contribution >= 4 is 18.1 Å². The zero-order chi connectivity index (χ0) is 14.5. The second-order valence-electron chi connectivity index (χ2n) is 5.26. The summed E-state index contributed by atoms with van der Waals surface area (Å²) >= 11 is 0. The van der Waals surface area contributed by atoms with Crippen LogP contribution in [0.25, 0.3) is 0 Å². The molecule has 1 aliphatic rings. The van der Waals surface area contributed by atoms with E-state index < -0.39 is 0 Å². The van der Waals surface area contributed by atoms with Gasteiger partial charge in [0.2, 0.25) is 0 Å². The van der Waals surface area contributed by atoms with Gasteiger partial charge in [-0.15, -0.1) is 12.4 Å². The van der Waals surface area contributed by atoms with E-state index >= 15 is 0 Å². The molecular weight excluding hydrogens is 298 g/mol. The fourth-order valence-corrected chi connectivity index (χ4v) is 2.75. The summed E-state index contributed by atoms with van der Waals surface area (Å²) in [7, 11) is 1.69. The van der Waals surface area contributed by atoms with Crippen LogP contribution in [-0.4, -0.2) is 24.8 Å². The number of rotatable bonds is 5. The summed E-state index contributed by atoms with van der Waals surface area (Å²) in [6.45, 7) is 1.89. The SMILES string of the molecule is COc1ccc(N(Cc2ccccn2)C2CCCN2)cc1.Cl. The van der Waals surface area contributed by atoms with Gasteiger partial charge in [0.25, 0.3) is 0 Å². The zero-order valence-electron chi connectivity index (χ0n) is 12.7. The lowest BCUT2D eigenvalue weighted by Crippen LogP contribution is -2.41. The van der Waals surface area contributed by atoms with Crippen LogP contribution in [0.4, 0.5) is 5.69 Å². The molecule has 1 saturated heterocycles. The molecule has 22 heavy (non-hydrogen) atoms. The van der Waals surface area contributed by atoms with Crippen molar-refractivity contribution in [3.8, 4) is 5.75 Å². The third-order valence-corrected chi connectivity index (χ3v) is 3.87. The Labute approximate surface area is 137 Å². The number of pyridine rings is 1. The normalized spacial score (nSPS) is 16.9. The minimum absolute atomic E-state index is 0. The van der Waals surface area contributed by atoms with E-state index in [1.165, 1.54) is 18.5 Å². The Morgan fingerprint density at radius 3 is 2.64 bits per heavy atom. The van der Waals surface area contributed by atoms with E-state index in [1.54, 1.807) is 7.11 Å². The predicted molar refractivity (Wildman–Crippen MR) is 91.7 cm³/mol. The number of ether oxygens (including phenoxy) is 1. The van der Waals surface area contributed by atoms with E-state index in [1.807, 2.05) is 30.5 Å². The molecule has 1 fully saturated rings. The molecule has 0 amide bonds. The summed E-state index contributed by atoms with van der Waals surface area (Å²) in [6.07, 6.45) is 4.61. The Morgan fingerprint density at radius 1 is 1.23 bits per heavy atom. The van der Waals surface area contributed by atoms with E-state index in [-0.39, 0.29) is 12.4 Å². The maximum Gasteiger partial charge on any atom is 0.119 e. The third kappa shape index (κ3) is 3.90. The minimum atomic E-state index is 0. The van der Waals surface area contributed by atoms with Gasteiger partial charge >= 0.3 is 0 Å². The van der Waals surface area contributed by atoms with Crippen molar-refractivity contribution in [2.75, 3.05) is 18.6 Å². The fraction of sp³-hybridized carbons (Fsp3) is 0.353. The summed E-state index contributed by atoms with van der Waals surface area (Å²) in [4.78, 5) is 6.84. The molecule has 1 aromatic carbocycles. The van der Waals surface area contributed by atoms with E-state index in [2.05, 4.69) is 33.4 Å². The van der Waals surface area contributed by atoms with E-state index in [9.17, 15) is 0 Å². The second kappa shape index (κ2) is 8.01. The Balaban J connectivity index is 0.00000176. The Bertz CT molecular complexity index is 556. The molecule has 118 valence electrons. The molecular formula is C17H22ClN3O. The lowest BCUT2D eigenvalue weighted by atomic mass is 10.2. The molecule has 2 heterocycles. The number of anilines is 1. The highest BCUT2D eigenvalue weighted by atomic mass is 35.5. The maximum atomic E-state index is 5.25. The van der Waals surface area contributed by atoms with Gasteiger partial charge < -0.3 is 9.64 Å². The highest BCUT2D eigenvalue weighted by molar-refractivity contribution is 5.85. The predicted octanol–water partition coefficient (Wildman–Crippen LogP) is 3.23. The van der Waals surface area contributed by atoms with Crippen LogP contribution in [0.2, 0.25) is 0 Å². The van der Waals surface area contributed by atoms with Gasteiger partial charge in [-0.2, -0.15) is 0 Å².